The summed E-state index contributed by atoms with van der Waals surface area (Å²) in [6.45, 7) is 1.80. The van der Waals surface area contributed by atoms with Gasteiger partial charge in [0.15, 0.2) is 0 Å². The van der Waals surface area contributed by atoms with Gasteiger partial charge < -0.3 is 10.1 Å². The lowest BCUT2D eigenvalue weighted by Gasteiger charge is -2.16. The number of rotatable bonds is 7. The van der Waals surface area contributed by atoms with Crippen molar-refractivity contribution < 1.29 is 14.5 Å². The highest BCUT2D eigenvalue weighted by atomic mass is 35.5. The normalized spacial score (nSPS) is 11.7. The van der Waals surface area contributed by atoms with E-state index in [-0.39, 0.29) is 17.3 Å². The van der Waals surface area contributed by atoms with Gasteiger partial charge in [-0.3, -0.25) is 14.9 Å². The second-order valence-electron chi connectivity index (χ2n) is 5.80. The zero-order chi connectivity index (χ0) is 20.1. The molecular weight excluding hydrogens is 411 g/mol. The number of carbonyl (C=O) groups excluding carboxylic acids is 1. The van der Waals surface area contributed by atoms with Crippen molar-refractivity contribution in [3.05, 3.63) is 61.6 Å². The third-order valence-corrected chi connectivity index (χ3v) is 5.21. The van der Waals surface area contributed by atoms with E-state index >= 15 is 0 Å². The average molecular weight is 429 g/mol. The smallest absolute Gasteiger partial charge is 0.285 e. The monoisotopic (exact) mass is 428 g/mol. The van der Waals surface area contributed by atoms with Crippen LogP contribution in [0.3, 0.4) is 0 Å². The molecule has 0 heterocycles. The van der Waals surface area contributed by atoms with Crippen LogP contribution in [0.4, 0.5) is 5.69 Å². The van der Waals surface area contributed by atoms with Crippen molar-refractivity contribution in [2.45, 2.75) is 24.3 Å². The van der Waals surface area contributed by atoms with Gasteiger partial charge in [-0.05, 0) is 43.4 Å². The first-order valence-corrected chi connectivity index (χ1v) is 9.90. The van der Waals surface area contributed by atoms with Gasteiger partial charge in [-0.2, -0.15) is 0 Å². The Balaban J connectivity index is 2.24. The van der Waals surface area contributed by atoms with Crippen molar-refractivity contribution >= 4 is 46.6 Å². The summed E-state index contributed by atoms with van der Waals surface area (Å²) >= 11 is 13.4. The zero-order valence-corrected chi connectivity index (χ0v) is 17.2. The maximum absolute atomic E-state index is 12.7. The number of amides is 1. The number of benzene rings is 2. The number of hydrogen-bond acceptors (Lipinski definition) is 5. The van der Waals surface area contributed by atoms with Crippen molar-refractivity contribution in [3.63, 3.8) is 0 Å². The highest BCUT2D eigenvalue weighted by Gasteiger charge is 2.25. The van der Waals surface area contributed by atoms with Crippen LogP contribution in [0.25, 0.3) is 0 Å². The molecule has 1 N–H and O–H groups in total. The number of nitro benzene ring substituents is 1. The first-order chi connectivity index (χ1) is 12.8. The molecule has 1 atom stereocenters. The van der Waals surface area contributed by atoms with Gasteiger partial charge in [-0.1, -0.05) is 29.3 Å². The molecule has 1 amide bonds. The first kappa shape index (κ1) is 21.3. The molecule has 27 heavy (non-hydrogen) atoms. The Morgan fingerprint density at radius 1 is 1.33 bits per heavy atom. The molecule has 0 aromatic heterocycles. The van der Waals surface area contributed by atoms with Crippen molar-refractivity contribution in [2.24, 2.45) is 0 Å². The lowest BCUT2D eigenvalue weighted by Crippen LogP contribution is -2.34. The Labute approximate surface area is 171 Å². The lowest BCUT2D eigenvalue weighted by atomic mass is 10.1. The van der Waals surface area contributed by atoms with Crippen molar-refractivity contribution in [2.75, 3.05) is 13.4 Å². The van der Waals surface area contributed by atoms with Crippen LogP contribution in [0.1, 0.15) is 22.8 Å². The molecule has 9 heteroatoms. The molecule has 0 bridgehead atoms. The SMILES string of the molecule is COc1cc([N+](=O)[O-])c(C(=O)NC(C)Cc2ccc(Cl)cc2Cl)cc1SC. The van der Waals surface area contributed by atoms with Gasteiger partial charge in [0.05, 0.1) is 23.0 Å². The van der Waals surface area contributed by atoms with Crippen LogP contribution in [-0.2, 0) is 6.42 Å². The second kappa shape index (κ2) is 9.30. The topological polar surface area (TPSA) is 81.5 Å². The lowest BCUT2D eigenvalue weighted by molar-refractivity contribution is -0.385. The van der Waals surface area contributed by atoms with Gasteiger partial charge >= 0.3 is 0 Å². The molecule has 0 radical (unpaired) electrons. The minimum atomic E-state index is -0.595. The van der Waals surface area contributed by atoms with Crippen molar-refractivity contribution in [1.29, 1.82) is 0 Å². The van der Waals surface area contributed by atoms with Gasteiger partial charge in [0, 0.05) is 16.1 Å². The summed E-state index contributed by atoms with van der Waals surface area (Å²) in [5.74, 6) is -0.177. The van der Waals surface area contributed by atoms with E-state index in [1.165, 1.54) is 31.0 Å². The van der Waals surface area contributed by atoms with Crippen molar-refractivity contribution in [3.8, 4) is 5.75 Å². The average Bonchev–Trinajstić information content (AvgIpc) is 2.62. The number of methoxy groups -OCH3 is 1. The number of halogens is 2. The molecule has 144 valence electrons. The van der Waals surface area contributed by atoms with Crippen LogP contribution in [-0.4, -0.2) is 30.2 Å². The van der Waals surface area contributed by atoms with Crippen LogP contribution in [0, 0.1) is 10.1 Å². The summed E-state index contributed by atoms with van der Waals surface area (Å²) in [5.41, 5.74) is 0.501. The Hall–Kier alpha value is -1.96. The van der Waals surface area contributed by atoms with Crippen LogP contribution < -0.4 is 10.1 Å². The van der Waals surface area contributed by atoms with E-state index in [0.29, 0.717) is 27.1 Å². The summed E-state index contributed by atoms with van der Waals surface area (Å²) in [4.78, 5) is 24.1. The van der Waals surface area contributed by atoms with Crippen LogP contribution in [0.15, 0.2) is 35.2 Å². The Morgan fingerprint density at radius 2 is 2.04 bits per heavy atom. The molecule has 2 aromatic carbocycles. The molecule has 0 aliphatic heterocycles. The number of nitro groups is 1. The van der Waals surface area contributed by atoms with E-state index < -0.39 is 10.8 Å². The maximum atomic E-state index is 12.7. The predicted molar refractivity (Wildman–Crippen MR) is 109 cm³/mol. The number of thioether (sulfide) groups is 1. The van der Waals surface area contributed by atoms with E-state index in [1.54, 1.807) is 31.4 Å². The van der Waals surface area contributed by atoms with Gasteiger partial charge in [0.25, 0.3) is 11.6 Å². The van der Waals surface area contributed by atoms with Gasteiger partial charge in [0.1, 0.15) is 11.3 Å². The maximum Gasteiger partial charge on any atom is 0.285 e. The van der Waals surface area contributed by atoms with E-state index in [2.05, 4.69) is 5.32 Å². The minimum Gasteiger partial charge on any atom is -0.495 e. The van der Waals surface area contributed by atoms with Crippen LogP contribution >= 0.6 is 35.0 Å². The zero-order valence-electron chi connectivity index (χ0n) is 14.9. The summed E-state index contributed by atoms with van der Waals surface area (Å²) in [6.07, 6.45) is 2.26. The molecular formula is C18H18Cl2N2O4S. The van der Waals surface area contributed by atoms with E-state index in [9.17, 15) is 14.9 Å². The molecule has 0 aliphatic carbocycles. The highest BCUT2D eigenvalue weighted by Crippen LogP contribution is 2.34. The van der Waals surface area contributed by atoms with Gasteiger partial charge in [-0.15, -0.1) is 11.8 Å². The fraction of sp³-hybridized carbons (Fsp3) is 0.278. The molecule has 2 rings (SSSR count). The molecule has 0 aliphatic rings. The molecule has 0 spiro atoms. The van der Waals surface area contributed by atoms with Crippen LogP contribution in [0.2, 0.25) is 10.0 Å². The minimum absolute atomic E-state index is 0.0146. The summed E-state index contributed by atoms with van der Waals surface area (Å²) in [6, 6.07) is 7.58. The fourth-order valence-corrected chi connectivity index (χ4v) is 3.64. The standard InChI is InChI=1S/C18H18Cl2N2O4S/c1-10(6-11-4-5-12(19)7-14(11)20)21-18(23)13-8-17(27-3)16(26-2)9-15(13)22(24)25/h4-5,7-10H,6H2,1-3H3,(H,21,23). The van der Waals surface area contributed by atoms with Gasteiger partial charge in [-0.25, -0.2) is 0 Å². The third-order valence-electron chi connectivity index (χ3n) is 3.86. The molecule has 1 unspecified atom stereocenters. The molecule has 6 nitrogen and oxygen atoms in total. The number of carbonyl (C=O) groups is 1. The Bertz CT molecular complexity index is 877. The summed E-state index contributed by atoms with van der Waals surface area (Å²) in [7, 11) is 1.43. The van der Waals surface area contributed by atoms with Gasteiger partial charge in [0.2, 0.25) is 0 Å². The number of ether oxygens (including phenoxy) is 1. The van der Waals surface area contributed by atoms with Crippen LogP contribution in [0.5, 0.6) is 5.75 Å². The summed E-state index contributed by atoms with van der Waals surface area (Å²) < 4.78 is 5.16. The first-order valence-electron chi connectivity index (χ1n) is 7.92. The molecule has 0 saturated heterocycles. The number of nitrogens with zero attached hydrogens (tertiary/aromatic N) is 1. The Morgan fingerprint density at radius 3 is 2.59 bits per heavy atom. The van der Waals surface area contributed by atoms with Crippen molar-refractivity contribution in [1.82, 2.24) is 5.32 Å². The largest absolute Gasteiger partial charge is 0.495 e. The Kier molecular flexibility index (Phi) is 7.35. The highest BCUT2D eigenvalue weighted by molar-refractivity contribution is 7.98. The molecule has 0 saturated carbocycles. The molecule has 0 fully saturated rings. The third kappa shape index (κ3) is 5.28. The van der Waals surface area contributed by atoms with E-state index in [4.69, 9.17) is 27.9 Å². The quantitative estimate of drug-likeness (QED) is 0.381. The fourth-order valence-electron chi connectivity index (χ4n) is 2.57. The van der Waals surface area contributed by atoms with E-state index in [1.807, 2.05) is 0 Å². The predicted octanol–water partition coefficient (Wildman–Crippen LogP) is 4.99. The number of nitrogens with one attached hydrogen (secondary N) is 1. The molecule has 2 aromatic rings. The summed E-state index contributed by atoms with van der Waals surface area (Å²) in [5, 5.41) is 15.2. The second-order valence-corrected chi connectivity index (χ2v) is 7.49. The number of hydrogen-bond donors (Lipinski definition) is 1. The van der Waals surface area contributed by atoms with E-state index in [0.717, 1.165) is 5.56 Å².